The lowest BCUT2D eigenvalue weighted by atomic mass is 10.2. The molecule has 2 rings (SSSR count). The first kappa shape index (κ1) is 15.8. The molecule has 2 unspecified atom stereocenters. The van der Waals surface area contributed by atoms with E-state index in [1.54, 1.807) is 0 Å². The van der Waals surface area contributed by atoms with Crippen molar-refractivity contribution in [3.05, 3.63) is 0 Å². The van der Waals surface area contributed by atoms with Crippen LogP contribution in [-0.4, -0.2) is 35.8 Å². The van der Waals surface area contributed by atoms with E-state index in [1.165, 1.54) is 0 Å². The molecule has 2 saturated carbocycles. The van der Waals surface area contributed by atoms with Gasteiger partial charge in [-0.05, 0) is 12.8 Å². The van der Waals surface area contributed by atoms with E-state index in [9.17, 15) is 17.6 Å². The highest BCUT2D eigenvalue weighted by Gasteiger charge is 2.40. The highest BCUT2D eigenvalue weighted by atomic mass is 19.3. The highest BCUT2D eigenvalue weighted by Crippen LogP contribution is 2.37. The molecule has 0 aliphatic heterocycles. The molecule has 5 N–H and O–H groups in total. The van der Waals surface area contributed by atoms with Crippen molar-refractivity contribution in [2.45, 2.75) is 62.5 Å². The molecule has 9 heteroatoms. The van der Waals surface area contributed by atoms with Gasteiger partial charge in [0.2, 0.25) is 11.8 Å². The van der Waals surface area contributed by atoms with Gasteiger partial charge in [-0.3, -0.25) is 5.32 Å². The second kappa shape index (κ2) is 5.69. The van der Waals surface area contributed by atoms with E-state index in [-0.39, 0.29) is 50.4 Å². The third-order valence-electron chi connectivity index (χ3n) is 3.65. The number of hydrogen-bond acceptors (Lipinski definition) is 2. The zero-order valence-electron chi connectivity index (χ0n) is 11.5. The molecule has 120 valence electrons. The number of nitrogens with two attached hydrogens (primary N) is 2. The molecule has 0 aromatic heterocycles. The molecule has 0 aromatic carbocycles. The van der Waals surface area contributed by atoms with E-state index in [4.69, 9.17) is 11.5 Å². The Morgan fingerprint density at radius 1 is 0.857 bits per heavy atom. The number of aliphatic imine (C=N–C) groups is 2. The monoisotopic (exact) mass is 309 g/mol. The Labute approximate surface area is 119 Å². The summed E-state index contributed by atoms with van der Waals surface area (Å²) in [7, 11) is 0. The standard InChI is InChI=1S/C12H19F4N5/c13-11(14)3-1-7(5-11)19-9(17)21-10(18)20-8-2-4-12(15,16)6-8/h7-8H,1-6H2,(H5,17,18,19,20,21). The topological polar surface area (TPSA) is 88.8 Å². The first-order valence-electron chi connectivity index (χ1n) is 6.84. The van der Waals surface area contributed by atoms with Crippen LogP contribution in [0.4, 0.5) is 17.6 Å². The average Bonchev–Trinajstić information content (AvgIpc) is 2.81. The molecule has 0 amide bonds. The Bertz CT molecular complexity index is 409. The minimum Gasteiger partial charge on any atom is -0.370 e. The lowest BCUT2D eigenvalue weighted by molar-refractivity contribution is 0.00736. The zero-order valence-corrected chi connectivity index (χ0v) is 11.5. The molecular weight excluding hydrogens is 290 g/mol. The average molecular weight is 309 g/mol. The molecule has 2 aliphatic carbocycles. The van der Waals surface area contributed by atoms with Gasteiger partial charge in [-0.1, -0.05) is 0 Å². The van der Waals surface area contributed by atoms with Crippen LogP contribution in [0.15, 0.2) is 9.98 Å². The summed E-state index contributed by atoms with van der Waals surface area (Å²) >= 11 is 0. The smallest absolute Gasteiger partial charge is 0.250 e. The molecule has 0 radical (unpaired) electrons. The van der Waals surface area contributed by atoms with Crippen LogP contribution in [0.5, 0.6) is 0 Å². The van der Waals surface area contributed by atoms with Crippen molar-refractivity contribution in [1.29, 1.82) is 0 Å². The van der Waals surface area contributed by atoms with Crippen molar-refractivity contribution in [3.63, 3.8) is 0 Å². The molecule has 5 nitrogen and oxygen atoms in total. The molecule has 0 saturated heterocycles. The molecule has 0 aromatic rings. The fraction of sp³-hybridized carbons (Fsp3) is 0.833. The maximum atomic E-state index is 13.0. The Balaban J connectivity index is 1.86. The van der Waals surface area contributed by atoms with Gasteiger partial charge >= 0.3 is 0 Å². The minimum atomic E-state index is -2.70. The predicted molar refractivity (Wildman–Crippen MR) is 71.6 cm³/mol. The zero-order chi connectivity index (χ0) is 15.7. The Morgan fingerprint density at radius 2 is 1.24 bits per heavy atom. The van der Waals surface area contributed by atoms with Crippen molar-refractivity contribution >= 4 is 11.9 Å². The second-order valence-corrected chi connectivity index (χ2v) is 5.66. The summed E-state index contributed by atoms with van der Waals surface area (Å²) in [6.07, 6.45) is -0.616. The van der Waals surface area contributed by atoms with Gasteiger partial charge in [-0.15, -0.1) is 0 Å². The Morgan fingerprint density at radius 3 is 1.52 bits per heavy atom. The summed E-state index contributed by atoms with van der Waals surface area (Å²) in [6, 6.07) is -1.12. The van der Waals surface area contributed by atoms with Gasteiger partial charge in [-0.25, -0.2) is 27.5 Å². The van der Waals surface area contributed by atoms with Crippen LogP contribution >= 0.6 is 0 Å². The van der Waals surface area contributed by atoms with Crippen molar-refractivity contribution in [3.8, 4) is 0 Å². The number of rotatable bonds is 2. The van der Waals surface area contributed by atoms with Crippen LogP contribution in [0.1, 0.15) is 38.5 Å². The van der Waals surface area contributed by atoms with Gasteiger partial charge < -0.3 is 11.5 Å². The van der Waals surface area contributed by atoms with Crippen molar-refractivity contribution in [1.82, 2.24) is 5.32 Å². The lowest BCUT2D eigenvalue weighted by Gasteiger charge is -2.11. The highest BCUT2D eigenvalue weighted by molar-refractivity contribution is 5.97. The number of guanidine groups is 2. The second-order valence-electron chi connectivity index (χ2n) is 5.66. The van der Waals surface area contributed by atoms with E-state index in [1.807, 2.05) is 0 Å². The lowest BCUT2D eigenvalue weighted by Crippen LogP contribution is -2.42. The van der Waals surface area contributed by atoms with Gasteiger partial charge in [-0.2, -0.15) is 0 Å². The maximum absolute atomic E-state index is 13.0. The molecular formula is C12H19F4N5. The van der Waals surface area contributed by atoms with Gasteiger partial charge in [0.15, 0.2) is 11.9 Å². The molecule has 0 spiro atoms. The van der Waals surface area contributed by atoms with Gasteiger partial charge in [0.05, 0.1) is 12.1 Å². The third kappa shape index (κ3) is 4.75. The summed E-state index contributed by atoms with van der Waals surface area (Å²) in [6.45, 7) is 0. The summed E-state index contributed by atoms with van der Waals surface area (Å²) in [5.41, 5.74) is 11.1. The summed E-state index contributed by atoms with van der Waals surface area (Å²) < 4.78 is 52.0. The SMILES string of the molecule is NC(=NC1CCC(F)(F)C1)NC(N)=NC1CCC(F)(F)C1. The fourth-order valence-electron chi connectivity index (χ4n) is 2.66. The first-order valence-corrected chi connectivity index (χ1v) is 6.84. The number of nitrogens with one attached hydrogen (secondary N) is 1. The molecule has 21 heavy (non-hydrogen) atoms. The van der Waals surface area contributed by atoms with Gasteiger partial charge in [0.25, 0.3) is 0 Å². The number of nitrogens with zero attached hydrogens (tertiary/aromatic N) is 2. The number of halogens is 4. The van der Waals surface area contributed by atoms with E-state index in [0.29, 0.717) is 0 Å². The Hall–Kier alpha value is -1.54. The molecule has 0 heterocycles. The number of alkyl halides is 4. The first-order chi connectivity index (χ1) is 9.65. The van der Waals surface area contributed by atoms with E-state index >= 15 is 0 Å². The largest absolute Gasteiger partial charge is 0.370 e. The van der Waals surface area contributed by atoms with Crippen LogP contribution < -0.4 is 16.8 Å². The van der Waals surface area contributed by atoms with Crippen LogP contribution in [0.2, 0.25) is 0 Å². The minimum absolute atomic E-state index is 0.122. The molecule has 2 aliphatic rings. The van der Waals surface area contributed by atoms with Gasteiger partial charge in [0.1, 0.15) is 0 Å². The van der Waals surface area contributed by atoms with Crippen LogP contribution in [0.25, 0.3) is 0 Å². The fourth-order valence-corrected chi connectivity index (χ4v) is 2.66. The summed E-state index contributed by atoms with van der Waals surface area (Å²) in [5, 5.41) is 2.45. The normalized spacial score (nSPS) is 32.4. The molecule has 0 bridgehead atoms. The molecule has 2 atom stereocenters. The van der Waals surface area contributed by atoms with Crippen LogP contribution in [-0.2, 0) is 0 Å². The molecule has 2 fully saturated rings. The van der Waals surface area contributed by atoms with Crippen molar-refractivity contribution in [2.24, 2.45) is 21.5 Å². The predicted octanol–water partition coefficient (Wildman–Crippen LogP) is 1.58. The van der Waals surface area contributed by atoms with Gasteiger partial charge in [0, 0.05) is 25.7 Å². The van der Waals surface area contributed by atoms with E-state index in [2.05, 4.69) is 15.3 Å². The summed E-state index contributed by atoms with van der Waals surface area (Å²) in [4.78, 5) is 7.82. The Kier molecular flexibility index (Phi) is 4.29. The quantitative estimate of drug-likeness (QED) is 0.411. The van der Waals surface area contributed by atoms with E-state index in [0.717, 1.165) is 0 Å². The van der Waals surface area contributed by atoms with E-state index < -0.39 is 23.9 Å². The maximum Gasteiger partial charge on any atom is 0.250 e. The van der Waals surface area contributed by atoms with Crippen LogP contribution in [0.3, 0.4) is 0 Å². The van der Waals surface area contributed by atoms with Crippen molar-refractivity contribution < 1.29 is 17.6 Å². The summed E-state index contributed by atoms with van der Waals surface area (Å²) in [5.74, 6) is -5.65. The van der Waals surface area contributed by atoms with Crippen LogP contribution in [0, 0.1) is 0 Å². The number of hydrogen-bond donors (Lipinski definition) is 3. The third-order valence-corrected chi connectivity index (χ3v) is 3.65. The van der Waals surface area contributed by atoms with Crippen molar-refractivity contribution in [2.75, 3.05) is 0 Å².